The Kier molecular flexibility index (Phi) is 4.54. The molecule has 1 rings (SSSR count). The standard InChI is InChI=1S/C15H31B/c1-12(2)10-15(11-13(3)4)8-6-14(5,16)7-9-15/h12-13H,6-11,16H2,1-5H3. The predicted octanol–water partition coefficient (Wildman–Crippen LogP) is 4.45. The monoisotopic (exact) mass is 222 g/mol. The van der Waals surface area contributed by atoms with Crippen molar-refractivity contribution in [3.8, 4) is 0 Å². The highest BCUT2D eigenvalue weighted by Crippen LogP contribution is 2.53. The van der Waals surface area contributed by atoms with Gasteiger partial charge in [-0.3, -0.25) is 0 Å². The third-order valence-electron chi connectivity index (χ3n) is 4.35. The van der Waals surface area contributed by atoms with Crippen molar-refractivity contribution >= 4 is 7.85 Å². The Morgan fingerprint density at radius 3 is 1.56 bits per heavy atom. The summed E-state index contributed by atoms with van der Waals surface area (Å²) in [5.74, 6) is 1.72. The third kappa shape index (κ3) is 4.15. The molecule has 1 saturated carbocycles. The quantitative estimate of drug-likeness (QED) is 0.616. The van der Waals surface area contributed by atoms with Crippen LogP contribution >= 0.6 is 0 Å². The summed E-state index contributed by atoms with van der Waals surface area (Å²) < 4.78 is 0. The Morgan fingerprint density at radius 1 is 0.875 bits per heavy atom. The Bertz CT molecular complexity index is 193. The van der Waals surface area contributed by atoms with E-state index in [4.69, 9.17) is 0 Å². The van der Waals surface area contributed by atoms with Crippen LogP contribution in [-0.2, 0) is 0 Å². The van der Waals surface area contributed by atoms with Crippen LogP contribution in [0.4, 0.5) is 0 Å². The molecule has 1 aliphatic carbocycles. The smallest absolute Gasteiger partial charge is 0.0669 e. The predicted molar refractivity (Wildman–Crippen MR) is 76.7 cm³/mol. The molecular formula is C15H31B. The van der Waals surface area contributed by atoms with Gasteiger partial charge in [0.05, 0.1) is 0 Å². The van der Waals surface area contributed by atoms with Crippen molar-refractivity contribution in [1.82, 2.24) is 0 Å². The van der Waals surface area contributed by atoms with Crippen LogP contribution in [-0.4, -0.2) is 7.85 Å². The molecule has 0 spiro atoms. The summed E-state index contributed by atoms with van der Waals surface area (Å²) in [5.41, 5.74) is 0.678. The van der Waals surface area contributed by atoms with Crippen LogP contribution in [0.2, 0.25) is 5.31 Å². The Balaban J connectivity index is 2.66. The van der Waals surface area contributed by atoms with Crippen LogP contribution in [0, 0.1) is 17.3 Å². The molecule has 0 bridgehead atoms. The van der Waals surface area contributed by atoms with Crippen LogP contribution < -0.4 is 0 Å². The van der Waals surface area contributed by atoms with Crippen molar-refractivity contribution < 1.29 is 0 Å². The summed E-state index contributed by atoms with van der Waals surface area (Å²) in [4.78, 5) is 0. The van der Waals surface area contributed by atoms with E-state index in [-0.39, 0.29) is 0 Å². The second-order valence-electron chi connectivity index (χ2n) is 7.86. The molecule has 0 aliphatic heterocycles. The molecule has 0 atom stereocenters. The van der Waals surface area contributed by atoms with E-state index in [1.165, 1.54) is 38.5 Å². The molecule has 16 heavy (non-hydrogen) atoms. The minimum atomic E-state index is 0.609. The topological polar surface area (TPSA) is 0 Å². The van der Waals surface area contributed by atoms with Gasteiger partial charge in [0.15, 0.2) is 0 Å². The molecule has 0 amide bonds. The van der Waals surface area contributed by atoms with Crippen molar-refractivity contribution in [2.75, 3.05) is 0 Å². The normalized spacial score (nSPS) is 23.9. The van der Waals surface area contributed by atoms with E-state index in [0.29, 0.717) is 10.7 Å². The van der Waals surface area contributed by atoms with Gasteiger partial charge in [-0.25, -0.2) is 0 Å². The first-order valence-corrected chi connectivity index (χ1v) is 7.25. The fourth-order valence-electron chi connectivity index (χ4n) is 3.68. The summed E-state index contributed by atoms with van der Waals surface area (Å²) in [6.45, 7) is 12.0. The van der Waals surface area contributed by atoms with Crippen molar-refractivity contribution in [2.45, 2.75) is 78.5 Å². The van der Waals surface area contributed by atoms with E-state index >= 15 is 0 Å². The van der Waals surface area contributed by atoms with Crippen molar-refractivity contribution in [3.05, 3.63) is 0 Å². The molecule has 0 aromatic carbocycles. The lowest BCUT2D eigenvalue weighted by molar-refractivity contribution is 0.101. The summed E-state index contributed by atoms with van der Waals surface area (Å²) in [6.07, 6.45) is 8.70. The van der Waals surface area contributed by atoms with E-state index in [0.717, 1.165) is 11.8 Å². The maximum atomic E-state index is 2.45. The van der Waals surface area contributed by atoms with E-state index in [2.05, 4.69) is 42.5 Å². The van der Waals surface area contributed by atoms with Gasteiger partial charge in [0, 0.05) is 0 Å². The number of rotatable bonds is 4. The van der Waals surface area contributed by atoms with Crippen LogP contribution in [0.15, 0.2) is 0 Å². The highest BCUT2D eigenvalue weighted by molar-refractivity contribution is 6.14. The Hall–Kier alpha value is 0.0649. The largest absolute Gasteiger partial charge is 0.109 e. The molecule has 0 heterocycles. The number of hydrogen-bond acceptors (Lipinski definition) is 0. The molecule has 0 aromatic heterocycles. The van der Waals surface area contributed by atoms with Crippen LogP contribution in [0.3, 0.4) is 0 Å². The Labute approximate surface area is 104 Å². The number of hydrogen-bond donors (Lipinski definition) is 0. The first kappa shape index (κ1) is 14.1. The minimum absolute atomic E-state index is 0.609. The molecule has 0 N–H and O–H groups in total. The van der Waals surface area contributed by atoms with Crippen molar-refractivity contribution in [1.29, 1.82) is 0 Å². The average molecular weight is 222 g/mol. The molecule has 1 fully saturated rings. The van der Waals surface area contributed by atoms with Crippen LogP contribution in [0.25, 0.3) is 0 Å². The molecule has 0 radical (unpaired) electrons. The minimum Gasteiger partial charge on any atom is -0.0669 e. The van der Waals surface area contributed by atoms with Gasteiger partial charge >= 0.3 is 0 Å². The molecule has 0 unspecified atom stereocenters. The van der Waals surface area contributed by atoms with Gasteiger partial charge in [-0.15, -0.1) is 0 Å². The maximum Gasteiger partial charge on any atom is 0.109 e. The van der Waals surface area contributed by atoms with Crippen molar-refractivity contribution in [2.24, 2.45) is 17.3 Å². The molecule has 0 aromatic rings. The molecule has 0 saturated heterocycles. The van der Waals surface area contributed by atoms with Gasteiger partial charge in [-0.1, -0.05) is 52.8 Å². The highest BCUT2D eigenvalue weighted by Gasteiger charge is 2.38. The summed E-state index contributed by atoms with van der Waals surface area (Å²) in [7, 11) is 2.45. The van der Waals surface area contributed by atoms with Gasteiger partial charge in [0.2, 0.25) is 0 Å². The Morgan fingerprint density at radius 2 is 1.25 bits per heavy atom. The molecule has 1 heteroatoms. The average Bonchev–Trinajstić information content (AvgIpc) is 2.09. The second kappa shape index (κ2) is 5.15. The fourth-order valence-corrected chi connectivity index (χ4v) is 3.68. The second-order valence-corrected chi connectivity index (χ2v) is 7.86. The zero-order valence-corrected chi connectivity index (χ0v) is 12.4. The van der Waals surface area contributed by atoms with Gasteiger partial charge < -0.3 is 0 Å². The molecule has 0 nitrogen and oxygen atoms in total. The lowest BCUT2D eigenvalue weighted by Crippen LogP contribution is -2.32. The molecule has 94 valence electrons. The lowest BCUT2D eigenvalue weighted by Gasteiger charge is -2.46. The summed E-state index contributed by atoms with van der Waals surface area (Å²) >= 11 is 0. The van der Waals surface area contributed by atoms with Gasteiger partial charge in [-0.05, 0) is 42.9 Å². The van der Waals surface area contributed by atoms with Crippen LogP contribution in [0.5, 0.6) is 0 Å². The van der Waals surface area contributed by atoms with E-state index < -0.39 is 0 Å². The first-order chi connectivity index (χ1) is 7.25. The zero-order chi connectivity index (χ0) is 12.4. The first-order valence-electron chi connectivity index (χ1n) is 7.25. The SMILES string of the molecule is BC1(C)CCC(CC(C)C)(CC(C)C)CC1. The van der Waals surface area contributed by atoms with Crippen molar-refractivity contribution in [3.63, 3.8) is 0 Å². The lowest BCUT2D eigenvalue weighted by atomic mass is 9.53. The maximum absolute atomic E-state index is 2.45. The van der Waals surface area contributed by atoms with Gasteiger partial charge in [-0.2, -0.15) is 0 Å². The van der Waals surface area contributed by atoms with E-state index in [1.807, 2.05) is 0 Å². The van der Waals surface area contributed by atoms with Gasteiger partial charge in [0.1, 0.15) is 7.85 Å². The zero-order valence-electron chi connectivity index (χ0n) is 12.4. The third-order valence-corrected chi connectivity index (χ3v) is 4.35. The van der Waals surface area contributed by atoms with E-state index in [1.54, 1.807) is 0 Å². The van der Waals surface area contributed by atoms with Crippen LogP contribution in [0.1, 0.15) is 73.1 Å². The highest BCUT2D eigenvalue weighted by atomic mass is 14.4. The summed E-state index contributed by atoms with van der Waals surface area (Å²) in [6, 6.07) is 0. The molecule has 1 aliphatic rings. The van der Waals surface area contributed by atoms with E-state index in [9.17, 15) is 0 Å². The van der Waals surface area contributed by atoms with Gasteiger partial charge in [0.25, 0.3) is 0 Å². The fraction of sp³-hybridized carbons (Fsp3) is 1.00. The molecular weight excluding hydrogens is 191 g/mol. The summed E-state index contributed by atoms with van der Waals surface area (Å²) in [5, 5.41) is 0.609.